The molecule has 16 heavy (non-hydrogen) atoms. The van der Waals surface area contributed by atoms with E-state index in [4.69, 9.17) is 0 Å². The van der Waals surface area contributed by atoms with Crippen LogP contribution in [-0.4, -0.2) is 24.0 Å². The van der Waals surface area contributed by atoms with Crippen molar-refractivity contribution in [3.05, 3.63) is 40.4 Å². The quantitative estimate of drug-likeness (QED) is 0.400. The number of ketones is 1. The molecule has 1 N–H and O–H groups in total. The van der Waals surface area contributed by atoms with Crippen LogP contribution in [0.1, 0.15) is 5.56 Å². The van der Waals surface area contributed by atoms with Crippen molar-refractivity contribution in [2.24, 2.45) is 0 Å². The van der Waals surface area contributed by atoms with Crippen molar-refractivity contribution < 1.29 is 19.4 Å². The van der Waals surface area contributed by atoms with Gasteiger partial charge in [-0.25, -0.2) is 4.79 Å². The highest BCUT2D eigenvalue weighted by Gasteiger charge is 2.13. The van der Waals surface area contributed by atoms with Crippen LogP contribution in [0.4, 0.5) is 0 Å². The molecule has 0 amide bonds. The minimum atomic E-state index is -1.02. The van der Waals surface area contributed by atoms with Crippen LogP contribution in [0.25, 0.3) is 5.76 Å². The second-order valence-electron chi connectivity index (χ2n) is 2.87. The van der Waals surface area contributed by atoms with Gasteiger partial charge in [-0.15, -0.1) is 0 Å². The number of aliphatic hydroxyl groups is 1. The lowest BCUT2D eigenvalue weighted by molar-refractivity contribution is -0.149. The van der Waals surface area contributed by atoms with Crippen LogP contribution in [-0.2, 0) is 14.3 Å². The highest BCUT2D eigenvalue weighted by Crippen LogP contribution is 2.22. The molecule has 4 nitrogen and oxygen atoms in total. The van der Waals surface area contributed by atoms with Crippen LogP contribution in [0.3, 0.4) is 0 Å². The fourth-order valence-corrected chi connectivity index (χ4v) is 1.52. The van der Waals surface area contributed by atoms with Gasteiger partial charge in [-0.2, -0.15) is 0 Å². The summed E-state index contributed by atoms with van der Waals surface area (Å²) in [5.41, 5.74) is 0.430. The Morgan fingerprint density at radius 1 is 1.38 bits per heavy atom. The number of ether oxygens (including phenoxy) is 1. The van der Waals surface area contributed by atoms with Crippen LogP contribution < -0.4 is 0 Å². The lowest BCUT2D eigenvalue weighted by atomic mass is 10.1. The smallest absolute Gasteiger partial charge is 0.378 e. The zero-order chi connectivity index (χ0) is 12.1. The van der Waals surface area contributed by atoms with Gasteiger partial charge in [0, 0.05) is 16.1 Å². The number of halogens is 1. The molecule has 0 aliphatic heterocycles. The number of carbonyl (C=O) groups excluding carboxylic acids is 2. The molecule has 0 spiro atoms. The maximum Gasteiger partial charge on any atom is 0.378 e. The number of hydrogen-bond acceptors (Lipinski definition) is 4. The Morgan fingerprint density at radius 2 is 2.00 bits per heavy atom. The topological polar surface area (TPSA) is 63.6 Å². The minimum Gasteiger partial charge on any atom is -0.507 e. The summed E-state index contributed by atoms with van der Waals surface area (Å²) in [4.78, 5) is 22.0. The molecule has 0 bridgehead atoms. The van der Waals surface area contributed by atoms with E-state index in [1.54, 1.807) is 24.3 Å². The van der Waals surface area contributed by atoms with Gasteiger partial charge in [0.2, 0.25) is 0 Å². The molecule has 0 radical (unpaired) electrons. The van der Waals surface area contributed by atoms with Crippen molar-refractivity contribution in [2.75, 3.05) is 7.11 Å². The molecule has 0 atom stereocenters. The second kappa shape index (κ2) is 5.46. The summed E-state index contributed by atoms with van der Waals surface area (Å²) in [7, 11) is 1.10. The van der Waals surface area contributed by atoms with Gasteiger partial charge >= 0.3 is 5.97 Å². The highest BCUT2D eigenvalue weighted by atomic mass is 79.9. The highest BCUT2D eigenvalue weighted by molar-refractivity contribution is 9.10. The maximum atomic E-state index is 11.1. The van der Waals surface area contributed by atoms with E-state index < -0.39 is 11.8 Å². The fourth-order valence-electron chi connectivity index (χ4n) is 1.03. The Hall–Kier alpha value is -1.62. The molecule has 84 valence electrons. The average Bonchev–Trinajstić information content (AvgIpc) is 2.28. The summed E-state index contributed by atoms with van der Waals surface area (Å²) in [6, 6.07) is 6.79. The summed E-state index contributed by atoms with van der Waals surface area (Å²) in [5, 5.41) is 9.62. The Bertz CT molecular complexity index is 451. The molecular formula is C11H9BrO4. The number of methoxy groups -OCH3 is 1. The van der Waals surface area contributed by atoms with Gasteiger partial charge in [0.05, 0.1) is 7.11 Å². The third-order valence-corrected chi connectivity index (χ3v) is 2.50. The summed E-state index contributed by atoms with van der Waals surface area (Å²) in [6.45, 7) is 0. The largest absolute Gasteiger partial charge is 0.507 e. The molecule has 0 aliphatic carbocycles. The number of aliphatic hydroxyl groups excluding tert-OH is 1. The van der Waals surface area contributed by atoms with Crippen LogP contribution in [0.2, 0.25) is 0 Å². The number of rotatable bonds is 3. The van der Waals surface area contributed by atoms with Gasteiger partial charge in [0.1, 0.15) is 5.76 Å². The first-order valence-electron chi connectivity index (χ1n) is 4.34. The van der Waals surface area contributed by atoms with Crippen molar-refractivity contribution in [1.29, 1.82) is 0 Å². The molecule has 0 fully saturated rings. The average molecular weight is 285 g/mol. The van der Waals surface area contributed by atoms with Gasteiger partial charge in [-0.3, -0.25) is 4.79 Å². The Balaban J connectivity index is 2.99. The minimum absolute atomic E-state index is 0.289. The zero-order valence-corrected chi connectivity index (χ0v) is 10.0. The summed E-state index contributed by atoms with van der Waals surface area (Å²) in [5.74, 6) is -2.21. The van der Waals surface area contributed by atoms with E-state index in [1.807, 2.05) is 0 Å². The van der Waals surface area contributed by atoms with Gasteiger partial charge in [0.15, 0.2) is 0 Å². The van der Waals surface area contributed by atoms with E-state index in [-0.39, 0.29) is 5.76 Å². The SMILES string of the molecule is COC(=O)C(=O)/C=C(\O)c1ccccc1Br. The molecule has 0 heterocycles. The van der Waals surface area contributed by atoms with Crippen molar-refractivity contribution in [3.63, 3.8) is 0 Å². The molecule has 0 aromatic heterocycles. The van der Waals surface area contributed by atoms with Crippen LogP contribution in [0, 0.1) is 0 Å². The fraction of sp³-hybridized carbons (Fsp3) is 0.0909. The number of esters is 1. The molecule has 1 rings (SSSR count). The van der Waals surface area contributed by atoms with Crippen molar-refractivity contribution in [3.8, 4) is 0 Å². The molecule has 0 unspecified atom stereocenters. The van der Waals surface area contributed by atoms with E-state index in [1.165, 1.54) is 0 Å². The molecule has 1 aromatic rings. The van der Waals surface area contributed by atoms with Crippen LogP contribution in [0.15, 0.2) is 34.8 Å². The molecule has 0 saturated carbocycles. The number of benzene rings is 1. The van der Waals surface area contributed by atoms with Crippen molar-refractivity contribution in [2.45, 2.75) is 0 Å². The van der Waals surface area contributed by atoms with Gasteiger partial charge in [0.25, 0.3) is 5.78 Å². The predicted molar refractivity (Wildman–Crippen MR) is 61.8 cm³/mol. The Kier molecular flexibility index (Phi) is 4.25. The standard InChI is InChI=1S/C11H9BrO4/c1-16-11(15)10(14)6-9(13)7-4-2-3-5-8(7)12/h2-6,13H,1H3/b9-6-. The summed E-state index contributed by atoms with van der Waals surface area (Å²) >= 11 is 3.21. The molecule has 1 aromatic carbocycles. The van der Waals surface area contributed by atoms with E-state index >= 15 is 0 Å². The van der Waals surface area contributed by atoms with Crippen LogP contribution >= 0.6 is 15.9 Å². The number of carbonyl (C=O) groups is 2. The first-order chi connectivity index (χ1) is 7.56. The predicted octanol–water partition coefficient (Wildman–Crippen LogP) is 2.09. The number of hydrogen-bond donors (Lipinski definition) is 1. The van der Waals surface area contributed by atoms with Gasteiger partial charge in [-0.1, -0.05) is 34.1 Å². The molecule has 0 saturated heterocycles. The molecule has 5 heteroatoms. The van der Waals surface area contributed by atoms with E-state index in [2.05, 4.69) is 20.7 Å². The van der Waals surface area contributed by atoms with Crippen molar-refractivity contribution in [1.82, 2.24) is 0 Å². The summed E-state index contributed by atoms with van der Waals surface area (Å²) < 4.78 is 4.85. The van der Waals surface area contributed by atoms with E-state index in [0.29, 0.717) is 10.0 Å². The van der Waals surface area contributed by atoms with Crippen molar-refractivity contribution >= 4 is 33.4 Å². The first-order valence-corrected chi connectivity index (χ1v) is 5.13. The Morgan fingerprint density at radius 3 is 2.56 bits per heavy atom. The monoisotopic (exact) mass is 284 g/mol. The maximum absolute atomic E-state index is 11.1. The van der Waals surface area contributed by atoms with E-state index in [0.717, 1.165) is 13.2 Å². The lowest BCUT2D eigenvalue weighted by Gasteiger charge is -2.02. The van der Waals surface area contributed by atoms with Gasteiger partial charge in [-0.05, 0) is 6.07 Å². The zero-order valence-electron chi connectivity index (χ0n) is 8.44. The van der Waals surface area contributed by atoms with Gasteiger partial charge < -0.3 is 9.84 Å². The third-order valence-electron chi connectivity index (χ3n) is 1.80. The van der Waals surface area contributed by atoms with Crippen LogP contribution in [0.5, 0.6) is 0 Å². The summed E-state index contributed by atoms with van der Waals surface area (Å²) in [6.07, 6.45) is 0.825. The normalized spacial score (nSPS) is 11.0. The third kappa shape index (κ3) is 2.93. The molecular weight excluding hydrogens is 276 g/mol. The Labute approximate surface area is 101 Å². The molecule has 0 aliphatic rings. The lowest BCUT2D eigenvalue weighted by Crippen LogP contribution is -2.13. The van der Waals surface area contributed by atoms with E-state index in [9.17, 15) is 14.7 Å². The second-order valence-corrected chi connectivity index (χ2v) is 3.72. The first kappa shape index (κ1) is 12.4.